The van der Waals surface area contributed by atoms with Gasteiger partial charge in [0.25, 0.3) is 40.0 Å². The van der Waals surface area contributed by atoms with Crippen molar-refractivity contribution in [1.29, 1.82) is 0 Å². The van der Waals surface area contributed by atoms with Crippen LogP contribution in [0.25, 0.3) is 90.1 Å². The molecule has 9 N–H and O–H groups in total. The SMILES string of the molecule is Cc1cccc(Cn2c(C(=O)NC(C)C)c(Br)c3c2-c2[nH]c(=O)c(-c4ccccc4)cc2CC3)c1.Cc1cccc(Cn2c(C(=O)NC3CC3)c(Br)c3c2-c2[nH]c(=O)c(-c4ccccc4)cc2CC3)c1.Cc1cccc(Cn2c(C(=O)O)cc3c2-c2[nH]c(=O)c(-c4ccccc4)cc2CC3)c1.Cc1cccc(Cn2c(C(N)=O)cc3c2-c2[nH]c(=O)c(-c4ccccc4)cc2CC3)c1.O=S=O.O=S=O.O=S=O.O=S=O. The van der Waals surface area contributed by atoms with Gasteiger partial charge in [0.1, 0.15) is 22.8 Å². The van der Waals surface area contributed by atoms with Gasteiger partial charge in [-0.05, 0) is 263 Å². The van der Waals surface area contributed by atoms with Gasteiger partial charge in [0.05, 0.1) is 54.5 Å². The summed E-state index contributed by atoms with van der Waals surface area (Å²) in [5, 5.41) is 16.1. The van der Waals surface area contributed by atoms with E-state index < -0.39 is 58.2 Å². The fourth-order valence-electron chi connectivity index (χ4n) is 19.1. The molecule has 0 unspecified atom stereocenters. The molecule has 0 atom stereocenters. The van der Waals surface area contributed by atoms with Gasteiger partial charge in [0.2, 0.25) is 0 Å². The molecular weight excluding hydrogens is 2040 g/mol. The van der Waals surface area contributed by atoms with E-state index in [0.717, 1.165) is 224 Å². The lowest BCUT2D eigenvalue weighted by atomic mass is 9.92. The van der Waals surface area contributed by atoms with Gasteiger partial charge in [-0.3, -0.25) is 33.6 Å². The van der Waals surface area contributed by atoms with Crippen molar-refractivity contribution in [3.05, 3.63) is 417 Å². The van der Waals surface area contributed by atoms with Crippen LogP contribution in [0, 0.1) is 27.7 Å². The second-order valence-corrected chi connectivity index (χ2v) is 37.6. The van der Waals surface area contributed by atoms with Crippen LogP contribution in [0.15, 0.2) is 283 Å². The molecule has 8 aromatic heterocycles. The van der Waals surface area contributed by atoms with Crippen molar-refractivity contribution in [2.45, 2.75) is 144 Å². The average Bonchev–Trinajstić information content (AvgIpc) is 1.58. The number of aryl methyl sites for hydroxylation is 10. The van der Waals surface area contributed by atoms with Crippen molar-refractivity contribution in [1.82, 2.24) is 48.8 Å². The van der Waals surface area contributed by atoms with E-state index in [9.17, 15) is 43.5 Å². The van der Waals surface area contributed by atoms with Gasteiger partial charge >= 0.3 is 52.3 Å². The number of carboxylic acid groups (broad SMARTS) is 1. The summed E-state index contributed by atoms with van der Waals surface area (Å²) in [7, 11) is 0. The zero-order valence-corrected chi connectivity index (χ0v) is 85.5. The average molecular weight is 2140 g/mol. The minimum Gasteiger partial charge on any atom is -0.477 e. The predicted molar refractivity (Wildman–Crippen MR) is 564 cm³/mol. The Morgan fingerprint density at radius 2 is 0.632 bits per heavy atom. The molecule has 28 nitrogen and oxygen atoms in total. The van der Waals surface area contributed by atoms with Gasteiger partial charge in [-0.15, -0.1) is 0 Å². The normalized spacial score (nSPS) is 12.1. The highest BCUT2D eigenvalue weighted by molar-refractivity contribution is 9.11. The number of carbonyl (C=O) groups is 4. The van der Waals surface area contributed by atoms with Crippen LogP contribution < -0.4 is 38.6 Å². The van der Waals surface area contributed by atoms with Crippen LogP contribution in [0.4, 0.5) is 0 Å². The van der Waals surface area contributed by atoms with E-state index in [1.165, 1.54) is 5.56 Å². The summed E-state index contributed by atoms with van der Waals surface area (Å²) >= 11 is 4.53. The molecule has 5 aliphatic rings. The first-order chi connectivity index (χ1) is 69.5. The third-order valence-corrected chi connectivity index (χ3v) is 27.0. The molecule has 8 aromatic carbocycles. The lowest BCUT2D eigenvalue weighted by molar-refractivity contribution is 0.0684. The number of aromatic nitrogens is 8. The molecule has 734 valence electrons. The number of pyridine rings is 4. The highest BCUT2D eigenvalue weighted by Crippen LogP contribution is 2.45. The number of carboxylic acids is 1. The topological polar surface area (TPSA) is 426 Å². The van der Waals surface area contributed by atoms with Crippen LogP contribution >= 0.6 is 31.9 Å². The third-order valence-electron chi connectivity index (χ3n) is 25.3. The number of nitrogens with two attached hydrogens (primary N) is 1. The van der Waals surface area contributed by atoms with Crippen molar-refractivity contribution >= 4 is 102 Å². The molecule has 1 saturated carbocycles. The Hall–Kier alpha value is -15.2. The minimum atomic E-state index is -0.966. The summed E-state index contributed by atoms with van der Waals surface area (Å²) in [6.07, 6.45) is 8.32. The second-order valence-electron chi connectivity index (χ2n) is 35.5. The highest BCUT2D eigenvalue weighted by atomic mass is 79.9. The number of carbonyl (C=O) groups excluding carboxylic acids is 3. The maximum Gasteiger partial charge on any atom is 0.352 e. The van der Waals surface area contributed by atoms with Gasteiger partial charge in [-0.25, -0.2) is 4.79 Å². The van der Waals surface area contributed by atoms with Crippen molar-refractivity contribution in [2.75, 3.05) is 0 Å². The quantitative estimate of drug-likeness (QED) is 0.0395. The van der Waals surface area contributed by atoms with E-state index >= 15 is 0 Å². The highest BCUT2D eigenvalue weighted by Gasteiger charge is 2.37. The number of primary amides is 1. The lowest BCUT2D eigenvalue weighted by Gasteiger charge is -2.21. The van der Waals surface area contributed by atoms with Gasteiger partial charge < -0.3 is 59.7 Å². The van der Waals surface area contributed by atoms with E-state index in [1.54, 1.807) is 6.07 Å². The Morgan fingerprint density at radius 3 is 0.917 bits per heavy atom. The largest absolute Gasteiger partial charge is 0.477 e. The van der Waals surface area contributed by atoms with Crippen LogP contribution in [-0.2, 0) is 124 Å². The predicted octanol–water partition coefficient (Wildman–Crippen LogP) is 17.5. The Balaban J connectivity index is 0.000000147. The summed E-state index contributed by atoms with van der Waals surface area (Å²) in [6, 6.07) is 83.5. The van der Waals surface area contributed by atoms with Gasteiger partial charge in [-0.2, -0.15) is 33.7 Å². The molecule has 0 bridgehead atoms. The second kappa shape index (κ2) is 48.0. The lowest BCUT2D eigenvalue weighted by Crippen LogP contribution is -2.32. The zero-order valence-electron chi connectivity index (χ0n) is 79.0. The molecule has 144 heavy (non-hydrogen) atoms. The third kappa shape index (κ3) is 24.2. The number of hydrogen-bond donors (Lipinski definition) is 8. The first-order valence-corrected chi connectivity index (χ1v) is 50.3. The molecule has 16 aromatic rings. The number of hydrogen-bond acceptors (Lipinski definition) is 16. The van der Waals surface area contributed by atoms with Crippen LogP contribution in [-0.4, -0.2) is 113 Å². The van der Waals surface area contributed by atoms with Crippen molar-refractivity contribution in [3.63, 3.8) is 0 Å². The molecule has 0 spiro atoms. The number of rotatable bonds is 18. The number of fused-ring (bicyclic) bond motifs is 12. The van der Waals surface area contributed by atoms with Crippen molar-refractivity contribution in [2.24, 2.45) is 5.73 Å². The zero-order chi connectivity index (χ0) is 103. The van der Waals surface area contributed by atoms with Gasteiger partial charge in [-0.1, -0.05) is 241 Å². The number of H-pyrrole nitrogens is 4. The van der Waals surface area contributed by atoms with E-state index in [4.69, 9.17) is 39.4 Å². The maximum atomic E-state index is 13.4. The van der Waals surface area contributed by atoms with Crippen LogP contribution in [0.5, 0.6) is 0 Å². The van der Waals surface area contributed by atoms with E-state index in [2.05, 4.69) is 134 Å². The molecule has 8 heterocycles. The molecule has 0 saturated heterocycles. The first-order valence-electron chi connectivity index (χ1n) is 46.1. The Morgan fingerprint density at radius 1 is 0.361 bits per heavy atom. The van der Waals surface area contributed by atoms with E-state index in [0.29, 0.717) is 65.5 Å². The van der Waals surface area contributed by atoms with Crippen LogP contribution in [0.2, 0.25) is 0 Å². The molecule has 21 rings (SSSR count). The molecule has 34 heteroatoms. The molecule has 0 radical (unpaired) electrons. The number of amides is 3. The number of aromatic carboxylic acids is 1. The summed E-state index contributed by atoms with van der Waals surface area (Å²) in [5.41, 5.74) is 37.3. The number of aromatic amines is 4. The Kier molecular flexibility index (Phi) is 34.9. The first kappa shape index (κ1) is 105. The van der Waals surface area contributed by atoms with Gasteiger partial charge in [0.15, 0.2) is 0 Å². The van der Waals surface area contributed by atoms with Crippen molar-refractivity contribution < 1.29 is 58.0 Å². The van der Waals surface area contributed by atoms with Crippen LogP contribution in [0.1, 0.15) is 158 Å². The number of halogens is 2. The monoisotopic (exact) mass is 2130 g/mol. The van der Waals surface area contributed by atoms with Gasteiger partial charge in [0, 0.05) is 60.5 Å². The summed E-state index contributed by atoms with van der Waals surface area (Å²) in [5.74, 6) is -1.62. The maximum absolute atomic E-state index is 13.4. The fourth-order valence-corrected chi connectivity index (χ4v) is 20.6. The smallest absolute Gasteiger partial charge is 0.352 e. The number of nitrogens with zero attached hydrogens (tertiary/aromatic N) is 4. The molecular formula is C110H99Br2N11O17S4. The standard InChI is InChI=1S/C29H26BrN3O2.C29H28BrN3O2.C26H23N3O2.C26H22N2O3.4O2S/c1-17-6-5-7-18(14-17)16-33-26-22(24(30)27(33)29(35)31-21-11-12-21)13-10-20-15-23(28(34)32-25(20)26)19-8-3-2-4-9-19;1-17(2)31-29(35)27-24(30)22-13-12-21-15-23(20-10-5-4-6-11-20)28(34)32-25(21)26(22)33(27)16-19-9-7-8-18(3)14-19;1-16-6-5-7-17(12-16)15-29-22(25(27)30)14-20-11-10-19-13-21(18-8-3-2-4-9-18)26(31)28-23(19)24(20)29;1-16-6-5-7-17(12-16)15-28-22(26(30)31)14-20-11-10-19-13-21(18-8-3-2-4-9-18)25(29)27-23(19)24(20)28;4*1-3-2/h2-9,14-15,21H,10-13,16H2,1H3,(H,31,35)(H,32,34);4-11,14-15,17H,12-13,16H2,1-3H3,(H,31,35)(H,32,34);2-9,12-14H,10-11,15H2,1H3,(H2,27,30)(H,28,31);2-9,12-14H,10-11,15H2,1H3,(H,27,29)(H,30,31);;;;. The van der Waals surface area contributed by atoms with E-state index in [-0.39, 0.29) is 51.8 Å². The number of benzene rings is 8. The molecule has 1 fully saturated rings. The Labute approximate surface area is 858 Å². The van der Waals surface area contributed by atoms with E-state index in [1.807, 2.05) is 237 Å². The molecule has 3 amide bonds. The fraction of sp³-hybridized carbons (Fsp3) is 0.200. The molecule has 5 aliphatic carbocycles. The summed E-state index contributed by atoms with van der Waals surface area (Å²) in [4.78, 5) is 116. The van der Waals surface area contributed by atoms with Crippen LogP contribution in [0.3, 0.4) is 0 Å². The minimum absolute atomic E-state index is 0.00858. The Bertz CT molecular complexity index is 7510. The molecule has 0 aliphatic heterocycles. The van der Waals surface area contributed by atoms with Crippen molar-refractivity contribution in [3.8, 4) is 90.1 Å². The number of nitrogens with one attached hydrogen (secondary N) is 6. The summed E-state index contributed by atoms with van der Waals surface area (Å²) < 4.78 is 75.9. The summed E-state index contributed by atoms with van der Waals surface area (Å²) in [6.45, 7) is 14.1.